The van der Waals surface area contributed by atoms with Crippen LogP contribution in [0.4, 0.5) is 0 Å². The normalized spacial score (nSPS) is 10.3. The molecule has 1 aromatic heterocycles. The first-order chi connectivity index (χ1) is 4.74. The van der Waals surface area contributed by atoms with Crippen molar-refractivity contribution in [3.8, 4) is 0 Å². The number of alkyl halides is 1. The maximum atomic E-state index is 5.59. The molecular weight excluding hydrogens is 280 g/mol. The average molecular weight is 288 g/mol. The van der Waals surface area contributed by atoms with Gasteiger partial charge in [0.05, 0.1) is 5.69 Å². The van der Waals surface area contributed by atoms with Gasteiger partial charge in [-0.25, -0.2) is 4.98 Å². The molecule has 0 fully saturated rings. The lowest BCUT2D eigenvalue weighted by molar-refractivity contribution is 1.11. The third-order valence-electron chi connectivity index (χ3n) is 1.19. The fourth-order valence-corrected chi connectivity index (χ4v) is 2.95. The molecule has 0 atom stereocenters. The van der Waals surface area contributed by atoms with Crippen LogP contribution in [0.3, 0.4) is 0 Å². The molecule has 0 aliphatic rings. The minimum absolute atomic E-state index is 0.694. The number of hydrogen-bond donors (Lipinski definition) is 0. The zero-order valence-electron chi connectivity index (χ0n) is 5.53. The highest BCUT2D eigenvalue weighted by molar-refractivity contribution is 14.1. The molecule has 0 aromatic carbocycles. The van der Waals surface area contributed by atoms with E-state index < -0.39 is 0 Å². The number of aromatic nitrogens is 1. The van der Waals surface area contributed by atoms with Crippen LogP contribution >= 0.6 is 45.5 Å². The second kappa shape index (κ2) is 3.88. The zero-order chi connectivity index (χ0) is 7.56. The maximum absolute atomic E-state index is 5.59. The minimum atomic E-state index is 0.694. The van der Waals surface area contributed by atoms with Gasteiger partial charge >= 0.3 is 0 Å². The number of rotatable bonds is 2. The van der Waals surface area contributed by atoms with Crippen LogP contribution in [0.25, 0.3) is 0 Å². The minimum Gasteiger partial charge on any atom is -0.235 e. The Morgan fingerprint density at radius 3 is 2.80 bits per heavy atom. The molecule has 0 saturated carbocycles. The number of nitrogens with zero attached hydrogens (tertiary/aromatic N) is 1. The molecule has 1 nitrogen and oxygen atoms in total. The molecule has 1 aromatic rings. The third-order valence-corrected chi connectivity index (χ3v) is 3.28. The summed E-state index contributed by atoms with van der Waals surface area (Å²) < 4.78 is 1.11. The summed E-state index contributed by atoms with van der Waals surface area (Å²) in [6.07, 6.45) is 0.952. The standard InChI is InChI=1S/C6H7ClINS/c1-4-5(2-3-7)10-6(8)9-4/h2-3H2,1H3. The SMILES string of the molecule is Cc1nc(I)sc1CCCl. The van der Waals surface area contributed by atoms with Gasteiger partial charge in [-0.3, -0.25) is 0 Å². The van der Waals surface area contributed by atoms with Gasteiger partial charge in [0.25, 0.3) is 0 Å². The Labute approximate surface area is 83.0 Å². The summed E-state index contributed by atoms with van der Waals surface area (Å²) in [4.78, 5) is 5.60. The van der Waals surface area contributed by atoms with E-state index in [0.717, 1.165) is 15.1 Å². The van der Waals surface area contributed by atoms with Crippen LogP contribution in [0.15, 0.2) is 0 Å². The van der Waals surface area contributed by atoms with Crippen LogP contribution in [0.2, 0.25) is 0 Å². The van der Waals surface area contributed by atoms with E-state index in [-0.39, 0.29) is 0 Å². The van der Waals surface area contributed by atoms with E-state index in [1.807, 2.05) is 6.92 Å². The lowest BCUT2D eigenvalue weighted by Crippen LogP contribution is -1.83. The molecule has 1 rings (SSSR count). The van der Waals surface area contributed by atoms with Crippen molar-refractivity contribution in [2.24, 2.45) is 0 Å². The summed E-state index contributed by atoms with van der Waals surface area (Å²) in [5.41, 5.74) is 1.13. The number of halogens is 2. The van der Waals surface area contributed by atoms with Crippen LogP contribution in [0.5, 0.6) is 0 Å². The molecule has 0 saturated heterocycles. The van der Waals surface area contributed by atoms with E-state index >= 15 is 0 Å². The number of aryl methyl sites for hydroxylation is 2. The molecule has 4 heteroatoms. The zero-order valence-corrected chi connectivity index (χ0v) is 9.26. The van der Waals surface area contributed by atoms with Crippen molar-refractivity contribution in [2.45, 2.75) is 13.3 Å². The molecular formula is C6H7ClINS. The van der Waals surface area contributed by atoms with Gasteiger partial charge in [-0.15, -0.1) is 22.9 Å². The molecule has 0 radical (unpaired) electrons. The monoisotopic (exact) mass is 287 g/mol. The highest BCUT2D eigenvalue weighted by atomic mass is 127. The second-order valence-electron chi connectivity index (χ2n) is 1.91. The van der Waals surface area contributed by atoms with Gasteiger partial charge in [0, 0.05) is 10.8 Å². The van der Waals surface area contributed by atoms with Crippen LogP contribution in [0.1, 0.15) is 10.6 Å². The van der Waals surface area contributed by atoms with E-state index in [1.54, 1.807) is 11.3 Å². The van der Waals surface area contributed by atoms with Crippen LogP contribution in [0, 0.1) is 9.94 Å². The molecule has 0 aliphatic carbocycles. The predicted molar refractivity (Wildman–Crippen MR) is 54.0 cm³/mol. The summed E-state index contributed by atoms with van der Waals surface area (Å²) in [7, 11) is 0. The van der Waals surface area contributed by atoms with E-state index in [2.05, 4.69) is 27.6 Å². The van der Waals surface area contributed by atoms with Crippen LogP contribution in [-0.4, -0.2) is 10.9 Å². The van der Waals surface area contributed by atoms with Crippen molar-refractivity contribution in [1.82, 2.24) is 4.98 Å². The summed E-state index contributed by atoms with van der Waals surface area (Å²) in [6.45, 7) is 2.03. The quantitative estimate of drug-likeness (QED) is 0.602. The van der Waals surface area contributed by atoms with Gasteiger partial charge in [0.1, 0.15) is 0 Å². The van der Waals surface area contributed by atoms with Gasteiger partial charge in [-0.05, 0) is 35.9 Å². The van der Waals surface area contributed by atoms with Crippen LogP contribution in [-0.2, 0) is 6.42 Å². The molecule has 0 N–H and O–H groups in total. The van der Waals surface area contributed by atoms with Gasteiger partial charge < -0.3 is 0 Å². The Hall–Kier alpha value is 0.650. The highest BCUT2D eigenvalue weighted by Gasteiger charge is 2.03. The molecule has 0 aliphatic heterocycles. The first kappa shape index (κ1) is 8.74. The van der Waals surface area contributed by atoms with Gasteiger partial charge in [-0.2, -0.15) is 0 Å². The van der Waals surface area contributed by atoms with Gasteiger partial charge in [0.2, 0.25) is 0 Å². The van der Waals surface area contributed by atoms with Crippen LogP contribution < -0.4 is 0 Å². The molecule has 0 spiro atoms. The van der Waals surface area contributed by atoms with Crippen molar-refractivity contribution >= 4 is 45.5 Å². The first-order valence-corrected chi connectivity index (χ1v) is 5.35. The van der Waals surface area contributed by atoms with Crippen molar-refractivity contribution in [3.63, 3.8) is 0 Å². The largest absolute Gasteiger partial charge is 0.235 e. The highest BCUT2D eigenvalue weighted by Crippen LogP contribution is 2.19. The topological polar surface area (TPSA) is 12.9 Å². The Kier molecular flexibility index (Phi) is 3.39. The van der Waals surface area contributed by atoms with Gasteiger partial charge in [0.15, 0.2) is 3.01 Å². The van der Waals surface area contributed by atoms with E-state index in [0.29, 0.717) is 5.88 Å². The third kappa shape index (κ3) is 2.07. The summed E-state index contributed by atoms with van der Waals surface area (Å²) in [6, 6.07) is 0. The van der Waals surface area contributed by atoms with Crippen molar-refractivity contribution in [2.75, 3.05) is 5.88 Å². The molecule has 56 valence electrons. The summed E-state index contributed by atoms with van der Waals surface area (Å²) in [5, 5.41) is 0. The number of thiazole rings is 1. The summed E-state index contributed by atoms with van der Waals surface area (Å²) in [5.74, 6) is 0.694. The Morgan fingerprint density at radius 1 is 1.70 bits per heavy atom. The molecule has 0 unspecified atom stereocenters. The van der Waals surface area contributed by atoms with Crippen molar-refractivity contribution < 1.29 is 0 Å². The lowest BCUT2D eigenvalue weighted by atomic mass is 10.3. The molecule has 1 heterocycles. The smallest absolute Gasteiger partial charge is 0.154 e. The summed E-state index contributed by atoms with van der Waals surface area (Å²) >= 11 is 9.55. The fraction of sp³-hybridized carbons (Fsp3) is 0.500. The molecule has 0 bridgehead atoms. The Balaban J connectivity index is 2.81. The van der Waals surface area contributed by atoms with E-state index in [4.69, 9.17) is 11.6 Å². The second-order valence-corrected chi connectivity index (χ2v) is 5.13. The van der Waals surface area contributed by atoms with E-state index in [9.17, 15) is 0 Å². The van der Waals surface area contributed by atoms with E-state index in [1.165, 1.54) is 4.88 Å². The Morgan fingerprint density at radius 2 is 2.40 bits per heavy atom. The van der Waals surface area contributed by atoms with Crippen molar-refractivity contribution in [1.29, 1.82) is 0 Å². The average Bonchev–Trinajstić information content (AvgIpc) is 2.13. The first-order valence-electron chi connectivity index (χ1n) is 2.92. The fourth-order valence-electron chi connectivity index (χ4n) is 0.710. The lowest BCUT2D eigenvalue weighted by Gasteiger charge is -1.89. The predicted octanol–water partition coefficient (Wildman–Crippen LogP) is 2.84. The number of hydrogen-bond acceptors (Lipinski definition) is 2. The Bertz CT molecular complexity index is 224. The molecule has 0 amide bonds. The van der Waals surface area contributed by atoms with Crippen molar-refractivity contribution in [3.05, 3.63) is 13.6 Å². The maximum Gasteiger partial charge on any atom is 0.154 e. The molecule has 10 heavy (non-hydrogen) atoms. The van der Waals surface area contributed by atoms with Gasteiger partial charge in [-0.1, -0.05) is 0 Å².